The van der Waals surface area contributed by atoms with Crippen LogP contribution in [0.3, 0.4) is 0 Å². The van der Waals surface area contributed by atoms with E-state index >= 15 is 0 Å². The standard InChI is InChI=1S/C18H16ClN3O2/c1-12-3-2-6-21-11-15(20-17(12)21)18(23)22-7-8-24-16-5-4-14(19)9-13(16)10-22/h2-6,9,11H,7-8,10H2,1H3. The van der Waals surface area contributed by atoms with Crippen molar-refractivity contribution in [3.63, 3.8) is 0 Å². The first-order chi connectivity index (χ1) is 11.6. The highest BCUT2D eigenvalue weighted by Gasteiger charge is 2.23. The zero-order chi connectivity index (χ0) is 16.7. The van der Waals surface area contributed by atoms with Crippen LogP contribution in [-0.2, 0) is 6.54 Å². The van der Waals surface area contributed by atoms with Crippen molar-refractivity contribution in [2.75, 3.05) is 13.2 Å². The monoisotopic (exact) mass is 341 g/mol. The maximum absolute atomic E-state index is 12.9. The Kier molecular flexibility index (Phi) is 3.65. The molecule has 0 saturated carbocycles. The minimum absolute atomic E-state index is 0.102. The van der Waals surface area contributed by atoms with Gasteiger partial charge in [-0.15, -0.1) is 0 Å². The minimum atomic E-state index is -0.102. The molecule has 0 radical (unpaired) electrons. The van der Waals surface area contributed by atoms with Gasteiger partial charge in [-0.25, -0.2) is 4.98 Å². The molecule has 24 heavy (non-hydrogen) atoms. The summed E-state index contributed by atoms with van der Waals surface area (Å²) in [5.41, 5.74) is 3.19. The van der Waals surface area contributed by atoms with E-state index in [-0.39, 0.29) is 5.91 Å². The zero-order valence-corrected chi connectivity index (χ0v) is 14.0. The molecule has 0 spiro atoms. The number of carbonyl (C=O) groups excluding carboxylic acids is 1. The van der Waals surface area contributed by atoms with Gasteiger partial charge in [-0.1, -0.05) is 17.7 Å². The summed E-state index contributed by atoms with van der Waals surface area (Å²) in [5.74, 6) is 0.676. The number of halogens is 1. The summed E-state index contributed by atoms with van der Waals surface area (Å²) in [6.07, 6.45) is 3.67. The molecule has 6 heteroatoms. The minimum Gasteiger partial charge on any atom is -0.491 e. The van der Waals surface area contributed by atoms with Crippen molar-refractivity contribution in [1.29, 1.82) is 0 Å². The number of nitrogens with zero attached hydrogens (tertiary/aromatic N) is 3. The number of rotatable bonds is 1. The van der Waals surface area contributed by atoms with Crippen molar-refractivity contribution in [1.82, 2.24) is 14.3 Å². The first kappa shape index (κ1) is 15.0. The van der Waals surface area contributed by atoms with Gasteiger partial charge in [0.15, 0.2) is 0 Å². The smallest absolute Gasteiger partial charge is 0.274 e. The van der Waals surface area contributed by atoms with Crippen molar-refractivity contribution >= 4 is 23.2 Å². The van der Waals surface area contributed by atoms with Crippen LogP contribution in [-0.4, -0.2) is 33.3 Å². The van der Waals surface area contributed by atoms with Crippen molar-refractivity contribution in [3.8, 4) is 5.75 Å². The Hall–Kier alpha value is -2.53. The molecule has 1 aromatic carbocycles. The Morgan fingerprint density at radius 1 is 1.33 bits per heavy atom. The van der Waals surface area contributed by atoms with E-state index in [1.165, 1.54) is 0 Å². The average molecular weight is 342 g/mol. The summed E-state index contributed by atoms with van der Waals surface area (Å²) in [7, 11) is 0. The van der Waals surface area contributed by atoms with Crippen LogP contribution in [0, 0.1) is 6.92 Å². The SMILES string of the molecule is Cc1cccn2cc(C(=O)N3CCOc4ccc(Cl)cc4C3)nc12. The lowest BCUT2D eigenvalue weighted by Gasteiger charge is -2.18. The zero-order valence-electron chi connectivity index (χ0n) is 13.2. The Bertz CT molecular complexity index is 935. The Balaban J connectivity index is 1.67. The largest absolute Gasteiger partial charge is 0.491 e. The molecule has 3 aromatic rings. The van der Waals surface area contributed by atoms with Crippen LogP contribution < -0.4 is 4.74 Å². The van der Waals surface area contributed by atoms with Crippen molar-refractivity contribution in [3.05, 3.63) is 64.6 Å². The Morgan fingerprint density at radius 3 is 3.04 bits per heavy atom. The molecule has 1 aliphatic heterocycles. The molecular formula is C18H16ClN3O2. The van der Waals surface area contributed by atoms with Crippen LogP contribution in [0.15, 0.2) is 42.7 Å². The summed E-state index contributed by atoms with van der Waals surface area (Å²) in [4.78, 5) is 19.1. The molecule has 0 saturated heterocycles. The van der Waals surface area contributed by atoms with Gasteiger partial charge in [0.2, 0.25) is 0 Å². The van der Waals surface area contributed by atoms with Crippen LogP contribution in [0.1, 0.15) is 21.6 Å². The van der Waals surface area contributed by atoms with E-state index in [0.29, 0.717) is 30.4 Å². The van der Waals surface area contributed by atoms with Crippen molar-refractivity contribution < 1.29 is 9.53 Å². The lowest BCUT2D eigenvalue weighted by molar-refractivity contribution is 0.0728. The number of hydrogen-bond donors (Lipinski definition) is 0. The van der Waals surface area contributed by atoms with Crippen LogP contribution in [0.5, 0.6) is 5.75 Å². The quantitative estimate of drug-likeness (QED) is 0.682. The average Bonchev–Trinajstić information content (AvgIpc) is 2.90. The molecule has 2 aromatic heterocycles. The number of amides is 1. The van der Waals surface area contributed by atoms with E-state index in [2.05, 4.69) is 4.98 Å². The third-order valence-electron chi connectivity index (χ3n) is 4.19. The number of aryl methyl sites for hydroxylation is 1. The molecule has 0 N–H and O–H groups in total. The second kappa shape index (κ2) is 5.83. The molecule has 1 aliphatic rings. The normalized spacial score (nSPS) is 14.2. The molecule has 5 nitrogen and oxygen atoms in total. The van der Waals surface area contributed by atoms with Crippen LogP contribution in [0.2, 0.25) is 5.02 Å². The number of benzene rings is 1. The van der Waals surface area contributed by atoms with Gasteiger partial charge in [-0.2, -0.15) is 0 Å². The second-order valence-corrected chi connectivity index (χ2v) is 6.31. The van der Waals surface area contributed by atoms with Crippen molar-refractivity contribution in [2.45, 2.75) is 13.5 Å². The van der Waals surface area contributed by atoms with Crippen LogP contribution in [0.4, 0.5) is 0 Å². The van der Waals surface area contributed by atoms with Gasteiger partial charge >= 0.3 is 0 Å². The van der Waals surface area contributed by atoms with E-state index in [1.54, 1.807) is 17.2 Å². The molecule has 0 aliphatic carbocycles. The fraction of sp³-hybridized carbons (Fsp3) is 0.222. The second-order valence-electron chi connectivity index (χ2n) is 5.88. The number of pyridine rings is 1. The Morgan fingerprint density at radius 2 is 2.21 bits per heavy atom. The lowest BCUT2D eigenvalue weighted by Crippen LogP contribution is -2.32. The van der Waals surface area contributed by atoms with Crippen molar-refractivity contribution in [2.24, 2.45) is 0 Å². The highest BCUT2D eigenvalue weighted by Crippen LogP contribution is 2.27. The van der Waals surface area contributed by atoms with Crippen LogP contribution in [0.25, 0.3) is 5.65 Å². The molecule has 0 unspecified atom stereocenters. The molecule has 3 heterocycles. The van der Waals surface area contributed by atoms with Gasteiger partial charge in [0.1, 0.15) is 23.7 Å². The van der Waals surface area contributed by atoms with Gasteiger partial charge in [-0.05, 0) is 36.8 Å². The topological polar surface area (TPSA) is 46.8 Å². The fourth-order valence-electron chi connectivity index (χ4n) is 2.95. The lowest BCUT2D eigenvalue weighted by atomic mass is 10.2. The third-order valence-corrected chi connectivity index (χ3v) is 4.42. The summed E-state index contributed by atoms with van der Waals surface area (Å²) < 4.78 is 7.60. The van der Waals surface area contributed by atoms with E-state index in [9.17, 15) is 4.79 Å². The van der Waals surface area contributed by atoms with Gasteiger partial charge < -0.3 is 14.0 Å². The van der Waals surface area contributed by atoms with E-state index in [4.69, 9.17) is 16.3 Å². The first-order valence-electron chi connectivity index (χ1n) is 7.76. The predicted octanol–water partition coefficient (Wildman–Crippen LogP) is 3.33. The Labute approximate surface area is 144 Å². The number of imidazole rings is 1. The molecule has 122 valence electrons. The molecule has 0 atom stereocenters. The fourth-order valence-corrected chi connectivity index (χ4v) is 3.15. The number of aromatic nitrogens is 2. The van der Waals surface area contributed by atoms with Gasteiger partial charge in [0.05, 0.1) is 6.54 Å². The highest BCUT2D eigenvalue weighted by molar-refractivity contribution is 6.30. The van der Waals surface area contributed by atoms with E-state index in [1.807, 2.05) is 41.8 Å². The molecule has 0 bridgehead atoms. The molecule has 1 amide bonds. The van der Waals surface area contributed by atoms with Gasteiger partial charge in [-0.3, -0.25) is 4.79 Å². The number of ether oxygens (including phenoxy) is 1. The summed E-state index contributed by atoms with van der Waals surface area (Å²) in [6.45, 7) is 3.40. The van der Waals surface area contributed by atoms with Crippen LogP contribution >= 0.6 is 11.6 Å². The highest BCUT2D eigenvalue weighted by atomic mass is 35.5. The molecular weight excluding hydrogens is 326 g/mol. The van der Waals surface area contributed by atoms with Gasteiger partial charge in [0, 0.05) is 29.5 Å². The van der Waals surface area contributed by atoms with E-state index < -0.39 is 0 Å². The first-order valence-corrected chi connectivity index (χ1v) is 8.14. The summed E-state index contributed by atoms with van der Waals surface area (Å²) >= 11 is 6.07. The molecule has 0 fully saturated rings. The number of carbonyl (C=O) groups is 1. The van der Waals surface area contributed by atoms with E-state index in [0.717, 1.165) is 22.5 Å². The number of hydrogen-bond acceptors (Lipinski definition) is 3. The maximum atomic E-state index is 12.9. The molecule has 4 rings (SSSR count). The summed E-state index contributed by atoms with van der Waals surface area (Å²) in [6, 6.07) is 9.41. The summed E-state index contributed by atoms with van der Waals surface area (Å²) in [5, 5.41) is 0.634. The number of fused-ring (bicyclic) bond motifs is 2. The third kappa shape index (κ3) is 2.61. The maximum Gasteiger partial charge on any atom is 0.274 e. The predicted molar refractivity (Wildman–Crippen MR) is 91.6 cm³/mol. The van der Waals surface area contributed by atoms with Gasteiger partial charge in [0.25, 0.3) is 5.91 Å².